The monoisotopic (exact) mass is 389 g/mol. The van der Waals surface area contributed by atoms with E-state index in [4.69, 9.17) is 4.74 Å². The van der Waals surface area contributed by atoms with E-state index in [1.165, 1.54) is 21.3 Å². The number of hydrogen-bond donors (Lipinski definition) is 1. The lowest BCUT2D eigenvalue weighted by Crippen LogP contribution is -2.26. The van der Waals surface area contributed by atoms with E-state index in [0.29, 0.717) is 17.6 Å². The summed E-state index contributed by atoms with van der Waals surface area (Å²) in [5, 5.41) is 0. The van der Waals surface area contributed by atoms with Crippen LogP contribution < -0.4 is 15.1 Å². The van der Waals surface area contributed by atoms with Crippen LogP contribution in [0.15, 0.2) is 52.2 Å². The van der Waals surface area contributed by atoms with Crippen LogP contribution in [0.3, 0.4) is 0 Å². The zero-order valence-electron chi connectivity index (χ0n) is 15.8. The maximum Gasteiger partial charge on any atom is 0.328 e. The maximum absolute atomic E-state index is 12.8. The van der Waals surface area contributed by atoms with Gasteiger partial charge in [-0.05, 0) is 49.7 Å². The van der Waals surface area contributed by atoms with E-state index in [1.54, 1.807) is 27.1 Å². The first-order valence-electron chi connectivity index (χ1n) is 8.65. The highest BCUT2D eigenvalue weighted by Gasteiger charge is 2.20. The van der Waals surface area contributed by atoms with Crippen molar-refractivity contribution in [3.63, 3.8) is 0 Å². The fourth-order valence-electron chi connectivity index (χ4n) is 3.04. The molecule has 1 heterocycles. The highest BCUT2D eigenvalue weighted by molar-refractivity contribution is 7.89. The van der Waals surface area contributed by atoms with Gasteiger partial charge in [-0.25, -0.2) is 17.9 Å². The summed E-state index contributed by atoms with van der Waals surface area (Å²) in [6.07, 6.45) is 0. The molecule has 27 heavy (non-hydrogen) atoms. The Morgan fingerprint density at radius 2 is 1.67 bits per heavy atom. The molecule has 1 aromatic heterocycles. The van der Waals surface area contributed by atoms with Gasteiger partial charge in [0, 0.05) is 20.1 Å². The molecular weight excluding hydrogens is 366 g/mol. The van der Waals surface area contributed by atoms with Crippen LogP contribution in [0.1, 0.15) is 25.5 Å². The Bertz CT molecular complexity index is 1130. The highest BCUT2D eigenvalue weighted by Crippen LogP contribution is 2.22. The van der Waals surface area contributed by atoms with Crippen LogP contribution in [0.4, 0.5) is 0 Å². The van der Waals surface area contributed by atoms with Crippen molar-refractivity contribution in [1.29, 1.82) is 0 Å². The standard InChI is InChI=1S/C19H23N3O4S/c1-5-26-15-8-6-14(7-9-15)13(2)20-27(24,25)16-10-11-17-18(12-16)22(4)19(23)21(17)3/h6-13,20H,5H2,1-4H3. The van der Waals surface area contributed by atoms with Crippen molar-refractivity contribution in [3.8, 4) is 5.75 Å². The molecule has 0 saturated carbocycles. The molecule has 2 aromatic carbocycles. The van der Waals surface area contributed by atoms with E-state index in [0.717, 1.165) is 11.3 Å². The smallest absolute Gasteiger partial charge is 0.328 e. The number of rotatable bonds is 6. The van der Waals surface area contributed by atoms with E-state index in [-0.39, 0.29) is 10.6 Å². The van der Waals surface area contributed by atoms with Crippen LogP contribution in [-0.4, -0.2) is 24.2 Å². The van der Waals surface area contributed by atoms with Gasteiger partial charge in [0.25, 0.3) is 0 Å². The first-order valence-corrected chi connectivity index (χ1v) is 10.1. The molecule has 0 fully saturated rings. The van der Waals surface area contributed by atoms with E-state index in [9.17, 15) is 13.2 Å². The van der Waals surface area contributed by atoms with E-state index < -0.39 is 16.1 Å². The second-order valence-electron chi connectivity index (χ2n) is 6.40. The van der Waals surface area contributed by atoms with Crippen LogP contribution >= 0.6 is 0 Å². The van der Waals surface area contributed by atoms with Crippen molar-refractivity contribution >= 4 is 21.1 Å². The normalized spacial score (nSPS) is 13.0. The Balaban J connectivity index is 1.88. The Kier molecular flexibility index (Phi) is 5.12. The molecule has 0 saturated heterocycles. The van der Waals surface area contributed by atoms with Gasteiger partial charge in [-0.3, -0.25) is 9.13 Å². The minimum absolute atomic E-state index is 0.119. The first-order chi connectivity index (χ1) is 12.7. The zero-order valence-corrected chi connectivity index (χ0v) is 16.6. The molecule has 8 heteroatoms. The number of ether oxygens (including phenoxy) is 1. The number of fused-ring (bicyclic) bond motifs is 1. The van der Waals surface area contributed by atoms with Crippen molar-refractivity contribution in [3.05, 3.63) is 58.5 Å². The van der Waals surface area contributed by atoms with Gasteiger partial charge in [0.15, 0.2) is 0 Å². The molecule has 1 atom stereocenters. The molecule has 0 aliphatic carbocycles. The van der Waals surface area contributed by atoms with Crippen LogP contribution in [0, 0.1) is 0 Å². The Labute approximate surface area is 158 Å². The third kappa shape index (κ3) is 3.63. The fraction of sp³-hybridized carbons (Fsp3) is 0.316. The summed E-state index contributed by atoms with van der Waals surface area (Å²) in [7, 11) is -0.466. The largest absolute Gasteiger partial charge is 0.494 e. The third-order valence-corrected chi connectivity index (χ3v) is 6.12. The number of hydrogen-bond acceptors (Lipinski definition) is 4. The molecule has 144 valence electrons. The van der Waals surface area contributed by atoms with Gasteiger partial charge in [0.1, 0.15) is 5.75 Å². The average Bonchev–Trinajstić information content (AvgIpc) is 2.86. The third-order valence-electron chi connectivity index (χ3n) is 4.58. The number of benzene rings is 2. The van der Waals surface area contributed by atoms with Gasteiger partial charge < -0.3 is 4.74 Å². The molecule has 0 spiro atoms. The van der Waals surface area contributed by atoms with Gasteiger partial charge in [0.2, 0.25) is 10.0 Å². The van der Waals surface area contributed by atoms with Crippen LogP contribution in [0.5, 0.6) is 5.75 Å². The Morgan fingerprint density at radius 3 is 2.30 bits per heavy atom. The van der Waals surface area contributed by atoms with Crippen molar-refractivity contribution < 1.29 is 13.2 Å². The topological polar surface area (TPSA) is 82.3 Å². The second-order valence-corrected chi connectivity index (χ2v) is 8.11. The SMILES string of the molecule is CCOc1ccc(C(C)NS(=O)(=O)c2ccc3c(c2)n(C)c(=O)n3C)cc1. The molecule has 1 N–H and O–H groups in total. The van der Waals surface area contributed by atoms with Gasteiger partial charge in [0.05, 0.1) is 22.5 Å². The molecule has 0 radical (unpaired) electrons. The summed E-state index contributed by atoms with van der Waals surface area (Å²) in [6.45, 7) is 4.26. The van der Waals surface area contributed by atoms with Crippen molar-refractivity contribution in [2.24, 2.45) is 14.1 Å². The molecule has 3 rings (SSSR count). The van der Waals surface area contributed by atoms with Crippen molar-refractivity contribution in [1.82, 2.24) is 13.9 Å². The van der Waals surface area contributed by atoms with Gasteiger partial charge in [-0.2, -0.15) is 0 Å². The van der Waals surface area contributed by atoms with Gasteiger partial charge in [-0.15, -0.1) is 0 Å². The number of nitrogens with one attached hydrogen (secondary N) is 1. The molecule has 3 aromatic rings. The summed E-state index contributed by atoms with van der Waals surface area (Å²) in [4.78, 5) is 12.2. The number of sulfonamides is 1. The summed E-state index contributed by atoms with van der Waals surface area (Å²) in [5.74, 6) is 0.742. The fourth-order valence-corrected chi connectivity index (χ4v) is 4.29. The molecular formula is C19H23N3O4S. The van der Waals surface area contributed by atoms with Crippen LogP contribution in [0.2, 0.25) is 0 Å². The Hall–Kier alpha value is -2.58. The Morgan fingerprint density at radius 1 is 1.04 bits per heavy atom. The van der Waals surface area contributed by atoms with Gasteiger partial charge in [-0.1, -0.05) is 12.1 Å². The second kappa shape index (κ2) is 7.21. The number of imidazole rings is 1. The van der Waals surface area contributed by atoms with Crippen molar-refractivity contribution in [2.45, 2.75) is 24.8 Å². The van der Waals surface area contributed by atoms with E-state index in [1.807, 2.05) is 31.2 Å². The zero-order chi connectivity index (χ0) is 19.8. The number of nitrogens with zero attached hydrogens (tertiary/aromatic N) is 2. The summed E-state index contributed by atoms with van der Waals surface area (Å²) in [5.41, 5.74) is 1.88. The number of aromatic nitrogens is 2. The predicted molar refractivity (Wildman–Crippen MR) is 105 cm³/mol. The minimum Gasteiger partial charge on any atom is -0.494 e. The summed E-state index contributed by atoms with van der Waals surface area (Å²) < 4.78 is 36.6. The lowest BCUT2D eigenvalue weighted by molar-refractivity contribution is 0.340. The van der Waals surface area contributed by atoms with E-state index in [2.05, 4.69) is 4.72 Å². The quantitative estimate of drug-likeness (QED) is 0.701. The molecule has 1 unspecified atom stereocenters. The number of aryl methyl sites for hydroxylation is 2. The molecule has 0 aliphatic heterocycles. The van der Waals surface area contributed by atoms with E-state index >= 15 is 0 Å². The molecule has 0 amide bonds. The average molecular weight is 389 g/mol. The molecule has 0 aliphatic rings. The van der Waals surface area contributed by atoms with Gasteiger partial charge >= 0.3 is 5.69 Å². The molecule has 7 nitrogen and oxygen atoms in total. The lowest BCUT2D eigenvalue weighted by atomic mass is 10.1. The first kappa shape index (κ1) is 19.2. The highest BCUT2D eigenvalue weighted by atomic mass is 32.2. The maximum atomic E-state index is 12.8. The van der Waals surface area contributed by atoms with Crippen LogP contribution in [0.25, 0.3) is 11.0 Å². The van der Waals surface area contributed by atoms with Crippen LogP contribution in [-0.2, 0) is 24.1 Å². The minimum atomic E-state index is -3.75. The summed E-state index contributed by atoms with van der Waals surface area (Å²) in [6, 6.07) is 11.6. The predicted octanol–water partition coefficient (Wildman–Crippen LogP) is 2.32. The molecule has 0 bridgehead atoms. The summed E-state index contributed by atoms with van der Waals surface area (Å²) >= 11 is 0. The van der Waals surface area contributed by atoms with Crippen molar-refractivity contribution in [2.75, 3.05) is 6.61 Å². The lowest BCUT2D eigenvalue weighted by Gasteiger charge is -2.15.